The van der Waals surface area contributed by atoms with E-state index in [4.69, 9.17) is 9.84 Å². The quantitative estimate of drug-likeness (QED) is 0.670. The molecule has 0 aliphatic heterocycles. The molecule has 0 heterocycles. The molecule has 2 amide bonds. The molecule has 2 atom stereocenters. The van der Waals surface area contributed by atoms with Gasteiger partial charge in [-0.3, -0.25) is 4.79 Å². The summed E-state index contributed by atoms with van der Waals surface area (Å²) >= 11 is 0. The molecule has 0 aliphatic carbocycles. The van der Waals surface area contributed by atoms with E-state index in [1.807, 2.05) is 0 Å². The van der Waals surface area contributed by atoms with Gasteiger partial charge in [0, 0.05) is 12.6 Å². The van der Waals surface area contributed by atoms with Crippen molar-refractivity contribution in [3.8, 4) is 0 Å². The summed E-state index contributed by atoms with van der Waals surface area (Å²) in [5, 5.41) is 11.2. The highest BCUT2D eigenvalue weighted by Gasteiger charge is 2.24. The maximum Gasteiger partial charge on any atom is 0.328 e. The number of amides is 2. The van der Waals surface area contributed by atoms with Crippen LogP contribution in [0.25, 0.3) is 0 Å². The topological polar surface area (TPSA) is 95.9 Å². The molecular formula is C12H22N2O5. The van der Waals surface area contributed by atoms with Gasteiger partial charge in [-0.25, -0.2) is 9.59 Å². The summed E-state index contributed by atoms with van der Waals surface area (Å²) in [4.78, 5) is 35.3. The van der Waals surface area contributed by atoms with Gasteiger partial charge >= 0.3 is 18.0 Å². The van der Waals surface area contributed by atoms with E-state index in [1.54, 1.807) is 20.8 Å². The Hall–Kier alpha value is -1.79. The second kappa shape index (κ2) is 8.34. The first-order valence-electron chi connectivity index (χ1n) is 6.28. The van der Waals surface area contributed by atoms with Crippen molar-refractivity contribution < 1.29 is 24.2 Å². The number of rotatable bonds is 7. The predicted molar refractivity (Wildman–Crippen MR) is 68.7 cm³/mol. The number of ether oxygens (including phenoxy) is 1. The highest BCUT2D eigenvalue weighted by Crippen LogP contribution is 2.05. The van der Waals surface area contributed by atoms with Crippen molar-refractivity contribution >= 4 is 18.0 Å². The van der Waals surface area contributed by atoms with E-state index in [0.29, 0.717) is 6.54 Å². The third kappa shape index (κ3) is 6.08. The summed E-state index contributed by atoms with van der Waals surface area (Å²) in [6.07, 6.45) is -0.144. The minimum atomic E-state index is -0.975. The molecular weight excluding hydrogens is 252 g/mol. The Morgan fingerprint density at radius 3 is 2.26 bits per heavy atom. The van der Waals surface area contributed by atoms with Crippen LogP contribution in [-0.4, -0.2) is 53.2 Å². The fourth-order valence-corrected chi connectivity index (χ4v) is 1.61. The molecule has 0 fully saturated rings. The van der Waals surface area contributed by atoms with Gasteiger partial charge in [-0.15, -0.1) is 0 Å². The van der Waals surface area contributed by atoms with E-state index >= 15 is 0 Å². The summed E-state index contributed by atoms with van der Waals surface area (Å²) < 4.78 is 4.78. The summed E-state index contributed by atoms with van der Waals surface area (Å²) in [5.74, 6) is -1.49. The van der Waals surface area contributed by atoms with Gasteiger partial charge < -0.3 is 20.1 Å². The van der Waals surface area contributed by atoms with Crippen LogP contribution in [0, 0.1) is 0 Å². The highest BCUT2D eigenvalue weighted by atomic mass is 16.5. The lowest BCUT2D eigenvalue weighted by Gasteiger charge is -2.28. The second-order valence-corrected chi connectivity index (χ2v) is 4.16. The Morgan fingerprint density at radius 2 is 1.84 bits per heavy atom. The molecule has 7 heteroatoms. The molecule has 2 unspecified atom stereocenters. The van der Waals surface area contributed by atoms with Crippen LogP contribution in [-0.2, 0) is 14.3 Å². The SMILES string of the molecule is CCOC(=O)C(C)NC(=O)N(CC)C(C)CC(=O)O. The first kappa shape index (κ1) is 17.2. The summed E-state index contributed by atoms with van der Waals surface area (Å²) in [7, 11) is 0. The lowest BCUT2D eigenvalue weighted by Crippen LogP contribution is -2.50. The Labute approximate surface area is 112 Å². The minimum absolute atomic E-state index is 0.144. The Balaban J connectivity index is 4.51. The standard InChI is InChI=1S/C12H22N2O5/c1-5-14(8(3)7-10(15)16)12(18)13-9(4)11(17)19-6-2/h8-9H,5-7H2,1-4H3,(H,13,18)(H,15,16). The number of carbonyl (C=O) groups is 3. The number of hydrogen-bond donors (Lipinski definition) is 2. The lowest BCUT2D eigenvalue weighted by atomic mass is 10.2. The molecule has 0 saturated heterocycles. The molecule has 110 valence electrons. The van der Waals surface area contributed by atoms with Gasteiger partial charge in [0.05, 0.1) is 13.0 Å². The van der Waals surface area contributed by atoms with Gasteiger partial charge in [0.25, 0.3) is 0 Å². The van der Waals surface area contributed by atoms with E-state index in [9.17, 15) is 14.4 Å². The smallest absolute Gasteiger partial charge is 0.328 e. The number of urea groups is 1. The Kier molecular flexibility index (Phi) is 7.55. The van der Waals surface area contributed by atoms with Gasteiger partial charge in [-0.2, -0.15) is 0 Å². The summed E-state index contributed by atoms with van der Waals surface area (Å²) in [6.45, 7) is 7.19. The zero-order chi connectivity index (χ0) is 15.0. The third-order valence-electron chi connectivity index (χ3n) is 2.58. The Bertz CT molecular complexity index is 332. The molecule has 19 heavy (non-hydrogen) atoms. The molecule has 7 nitrogen and oxygen atoms in total. The average Bonchev–Trinajstić information content (AvgIpc) is 2.28. The first-order chi connectivity index (χ1) is 8.83. The van der Waals surface area contributed by atoms with Crippen molar-refractivity contribution in [3.05, 3.63) is 0 Å². The van der Waals surface area contributed by atoms with Gasteiger partial charge in [0.1, 0.15) is 6.04 Å². The number of carboxylic acids is 1. The molecule has 0 aromatic rings. The average molecular weight is 274 g/mol. The highest BCUT2D eigenvalue weighted by molar-refractivity contribution is 5.83. The van der Waals surface area contributed by atoms with Crippen molar-refractivity contribution in [2.45, 2.75) is 46.2 Å². The largest absolute Gasteiger partial charge is 0.481 e. The summed E-state index contributed by atoms with van der Waals surface area (Å²) in [5.41, 5.74) is 0. The van der Waals surface area contributed by atoms with Crippen LogP contribution in [0.4, 0.5) is 4.79 Å². The first-order valence-corrected chi connectivity index (χ1v) is 6.28. The molecule has 0 aromatic heterocycles. The van der Waals surface area contributed by atoms with Gasteiger partial charge in [0.2, 0.25) is 0 Å². The lowest BCUT2D eigenvalue weighted by molar-refractivity contribution is -0.145. The van der Waals surface area contributed by atoms with Crippen molar-refractivity contribution in [2.24, 2.45) is 0 Å². The van der Waals surface area contributed by atoms with Crippen LogP contribution < -0.4 is 5.32 Å². The van der Waals surface area contributed by atoms with Gasteiger partial charge in [-0.1, -0.05) is 0 Å². The van der Waals surface area contributed by atoms with Crippen molar-refractivity contribution in [3.63, 3.8) is 0 Å². The maximum atomic E-state index is 11.9. The van der Waals surface area contributed by atoms with Crippen LogP contribution in [0.3, 0.4) is 0 Å². The predicted octanol–water partition coefficient (Wildman–Crippen LogP) is 0.833. The molecule has 0 aromatic carbocycles. The zero-order valence-electron chi connectivity index (χ0n) is 11.8. The summed E-state index contributed by atoms with van der Waals surface area (Å²) in [6, 6.07) is -1.69. The monoisotopic (exact) mass is 274 g/mol. The number of nitrogens with zero attached hydrogens (tertiary/aromatic N) is 1. The third-order valence-corrected chi connectivity index (χ3v) is 2.58. The number of esters is 1. The van der Waals surface area contributed by atoms with E-state index in [-0.39, 0.29) is 13.0 Å². The van der Waals surface area contributed by atoms with E-state index in [0.717, 1.165) is 0 Å². The maximum absolute atomic E-state index is 11.9. The molecule has 0 aliphatic rings. The molecule has 0 saturated carbocycles. The van der Waals surface area contributed by atoms with Crippen molar-refractivity contribution in [2.75, 3.05) is 13.2 Å². The fraction of sp³-hybridized carbons (Fsp3) is 0.750. The normalized spacial score (nSPS) is 13.3. The molecule has 0 radical (unpaired) electrons. The van der Waals surface area contributed by atoms with Crippen LogP contribution in [0.2, 0.25) is 0 Å². The van der Waals surface area contributed by atoms with Crippen molar-refractivity contribution in [1.82, 2.24) is 10.2 Å². The van der Waals surface area contributed by atoms with Crippen LogP contribution in [0.15, 0.2) is 0 Å². The molecule has 2 N–H and O–H groups in total. The van der Waals surface area contributed by atoms with E-state index < -0.39 is 30.1 Å². The van der Waals surface area contributed by atoms with Gasteiger partial charge in [-0.05, 0) is 27.7 Å². The minimum Gasteiger partial charge on any atom is -0.481 e. The van der Waals surface area contributed by atoms with Crippen molar-refractivity contribution in [1.29, 1.82) is 0 Å². The second-order valence-electron chi connectivity index (χ2n) is 4.16. The van der Waals surface area contributed by atoms with E-state index in [2.05, 4.69) is 5.32 Å². The molecule has 0 bridgehead atoms. The molecule has 0 rings (SSSR count). The van der Waals surface area contributed by atoms with Crippen LogP contribution >= 0.6 is 0 Å². The van der Waals surface area contributed by atoms with Crippen LogP contribution in [0.5, 0.6) is 0 Å². The zero-order valence-corrected chi connectivity index (χ0v) is 11.8. The number of carboxylic acid groups (broad SMARTS) is 1. The number of aliphatic carboxylic acids is 1. The van der Waals surface area contributed by atoms with Crippen LogP contribution in [0.1, 0.15) is 34.1 Å². The van der Waals surface area contributed by atoms with E-state index in [1.165, 1.54) is 11.8 Å². The number of carbonyl (C=O) groups excluding carboxylic acids is 2. The number of hydrogen-bond acceptors (Lipinski definition) is 4. The molecule has 0 spiro atoms. The Morgan fingerprint density at radius 1 is 1.26 bits per heavy atom. The number of nitrogens with one attached hydrogen (secondary N) is 1. The fourth-order valence-electron chi connectivity index (χ4n) is 1.61. The van der Waals surface area contributed by atoms with Gasteiger partial charge in [0.15, 0.2) is 0 Å².